The average molecular weight is 356 g/mol. The maximum Gasteiger partial charge on any atom is 0.268 e. The first-order valence-corrected chi connectivity index (χ1v) is 8.03. The van der Waals surface area contributed by atoms with Gasteiger partial charge < -0.3 is 10.1 Å². The van der Waals surface area contributed by atoms with Crippen LogP contribution >= 0.6 is 0 Å². The fourth-order valence-electron chi connectivity index (χ4n) is 2.67. The number of anilines is 2. The smallest absolute Gasteiger partial charge is 0.268 e. The molecule has 2 aromatic rings. The molecule has 3 rings (SSSR count). The highest BCUT2D eigenvalue weighted by atomic mass is 19.1. The lowest BCUT2D eigenvalue weighted by molar-refractivity contribution is -0.127. The molecule has 2 amide bonds. The summed E-state index contributed by atoms with van der Waals surface area (Å²) in [7, 11) is 0. The second kappa shape index (κ2) is 6.95. The highest BCUT2D eigenvalue weighted by molar-refractivity contribution is 6.07. The zero-order valence-corrected chi connectivity index (χ0v) is 14.3. The van der Waals surface area contributed by atoms with E-state index in [2.05, 4.69) is 5.32 Å². The summed E-state index contributed by atoms with van der Waals surface area (Å²) in [5.41, 5.74) is 1.21. The van der Waals surface area contributed by atoms with Crippen molar-refractivity contribution >= 4 is 29.0 Å². The molecular formula is C19H17FN2O4. The molecule has 0 aliphatic carbocycles. The number of halogens is 1. The van der Waals surface area contributed by atoms with Gasteiger partial charge in [-0.25, -0.2) is 4.39 Å². The van der Waals surface area contributed by atoms with E-state index in [9.17, 15) is 18.8 Å². The quantitative estimate of drug-likeness (QED) is 0.855. The third-order valence-corrected chi connectivity index (χ3v) is 4.00. The first-order valence-electron chi connectivity index (χ1n) is 8.03. The van der Waals surface area contributed by atoms with Crippen LogP contribution in [-0.2, 0) is 9.59 Å². The van der Waals surface area contributed by atoms with Crippen molar-refractivity contribution < 1.29 is 23.5 Å². The number of hydrogen-bond acceptors (Lipinski definition) is 4. The van der Waals surface area contributed by atoms with E-state index in [0.717, 1.165) is 0 Å². The lowest BCUT2D eigenvalue weighted by Gasteiger charge is -2.32. The van der Waals surface area contributed by atoms with Gasteiger partial charge in [-0.15, -0.1) is 0 Å². The summed E-state index contributed by atoms with van der Waals surface area (Å²) < 4.78 is 18.5. The van der Waals surface area contributed by atoms with Crippen molar-refractivity contribution in [1.29, 1.82) is 0 Å². The van der Waals surface area contributed by atoms with Crippen molar-refractivity contribution in [2.75, 3.05) is 16.8 Å². The van der Waals surface area contributed by atoms with E-state index in [0.29, 0.717) is 22.7 Å². The van der Waals surface area contributed by atoms with Crippen LogP contribution in [0.15, 0.2) is 42.5 Å². The number of nitrogens with zero attached hydrogens (tertiary/aromatic N) is 1. The molecule has 6 nitrogen and oxygen atoms in total. The summed E-state index contributed by atoms with van der Waals surface area (Å²) in [5.74, 6) is -0.970. The Morgan fingerprint density at radius 2 is 1.88 bits per heavy atom. The fraction of sp³-hybridized carbons (Fsp3) is 0.211. The molecule has 134 valence electrons. The highest BCUT2D eigenvalue weighted by Crippen LogP contribution is 2.35. The minimum atomic E-state index is -0.746. The summed E-state index contributed by atoms with van der Waals surface area (Å²) in [6, 6.07) is 10.1. The Labute approximate surface area is 149 Å². The minimum Gasteiger partial charge on any atom is -0.479 e. The molecule has 0 saturated carbocycles. The number of carbonyl (C=O) groups is 3. The maximum absolute atomic E-state index is 13.0. The molecule has 1 N–H and O–H groups in total. The van der Waals surface area contributed by atoms with Crippen LogP contribution in [0.4, 0.5) is 15.8 Å². The number of nitrogens with one attached hydrogen (secondary N) is 1. The second-order valence-corrected chi connectivity index (χ2v) is 5.98. The normalized spacial score (nSPS) is 15.9. The Kier molecular flexibility index (Phi) is 4.71. The number of carbonyl (C=O) groups excluding carboxylic acids is 3. The van der Waals surface area contributed by atoms with E-state index in [-0.39, 0.29) is 18.2 Å². The summed E-state index contributed by atoms with van der Waals surface area (Å²) in [6.45, 7) is 2.76. The van der Waals surface area contributed by atoms with Crippen LogP contribution in [0, 0.1) is 5.82 Å². The van der Waals surface area contributed by atoms with Crippen LogP contribution in [0.3, 0.4) is 0 Å². The molecule has 26 heavy (non-hydrogen) atoms. The van der Waals surface area contributed by atoms with Gasteiger partial charge in [-0.2, -0.15) is 0 Å². The SMILES string of the molecule is CC(=O)c1ccc2c(c1)N(CC(=O)Nc1ccc(F)cc1)C(=O)C(C)O2. The molecule has 7 heteroatoms. The number of Topliss-reactive ketones (excluding diaryl/α,β-unsaturated/α-hetero) is 1. The topological polar surface area (TPSA) is 75.7 Å². The third-order valence-electron chi connectivity index (χ3n) is 4.00. The van der Waals surface area contributed by atoms with Crippen molar-refractivity contribution in [3.63, 3.8) is 0 Å². The lowest BCUT2D eigenvalue weighted by Crippen LogP contribution is -2.47. The summed E-state index contributed by atoms with van der Waals surface area (Å²) in [4.78, 5) is 37.7. The molecule has 1 atom stereocenters. The first-order chi connectivity index (χ1) is 12.3. The van der Waals surface area contributed by atoms with Gasteiger partial charge in [0.1, 0.15) is 18.1 Å². The standard InChI is InChI=1S/C19H17FN2O4/c1-11(23)13-3-8-17-16(9-13)22(19(25)12(2)26-17)10-18(24)21-15-6-4-14(20)5-7-15/h3-9,12H,10H2,1-2H3,(H,21,24). The molecule has 0 aromatic heterocycles. The van der Waals surface area contributed by atoms with E-state index in [4.69, 9.17) is 4.74 Å². The zero-order chi connectivity index (χ0) is 18.8. The van der Waals surface area contributed by atoms with Gasteiger partial charge in [-0.1, -0.05) is 0 Å². The van der Waals surface area contributed by atoms with E-state index < -0.39 is 17.8 Å². The molecule has 0 spiro atoms. The number of rotatable bonds is 4. The van der Waals surface area contributed by atoms with E-state index in [1.807, 2.05) is 0 Å². The van der Waals surface area contributed by atoms with Gasteiger partial charge in [0.2, 0.25) is 5.91 Å². The predicted molar refractivity (Wildman–Crippen MR) is 93.9 cm³/mol. The minimum absolute atomic E-state index is 0.158. The Morgan fingerprint density at radius 1 is 1.19 bits per heavy atom. The molecule has 1 aliphatic heterocycles. The van der Waals surface area contributed by atoms with Crippen LogP contribution in [0.25, 0.3) is 0 Å². The number of benzene rings is 2. The zero-order valence-electron chi connectivity index (χ0n) is 14.3. The first kappa shape index (κ1) is 17.6. The summed E-state index contributed by atoms with van der Waals surface area (Å²) >= 11 is 0. The van der Waals surface area contributed by atoms with Crippen molar-refractivity contribution in [1.82, 2.24) is 0 Å². The highest BCUT2D eigenvalue weighted by Gasteiger charge is 2.33. The Bertz CT molecular complexity index is 880. The van der Waals surface area contributed by atoms with Crippen LogP contribution in [-0.4, -0.2) is 30.2 Å². The van der Waals surface area contributed by atoms with E-state index in [1.54, 1.807) is 19.1 Å². The second-order valence-electron chi connectivity index (χ2n) is 5.98. The Morgan fingerprint density at radius 3 is 2.54 bits per heavy atom. The molecule has 0 fully saturated rings. The molecule has 0 saturated heterocycles. The molecule has 2 aromatic carbocycles. The van der Waals surface area contributed by atoms with Crippen LogP contribution in [0.5, 0.6) is 5.75 Å². The Balaban J connectivity index is 1.85. The third kappa shape index (κ3) is 3.56. The summed E-state index contributed by atoms with van der Waals surface area (Å²) in [5, 5.41) is 2.61. The molecule has 1 heterocycles. The Hall–Kier alpha value is -3.22. The maximum atomic E-state index is 13.0. The molecular weight excluding hydrogens is 339 g/mol. The van der Waals surface area contributed by atoms with Crippen molar-refractivity contribution in [3.8, 4) is 5.75 Å². The van der Waals surface area contributed by atoms with Gasteiger partial charge in [-0.05, 0) is 56.3 Å². The molecule has 1 aliphatic rings. The number of amides is 2. The van der Waals surface area contributed by atoms with Gasteiger partial charge in [0.05, 0.1) is 5.69 Å². The largest absolute Gasteiger partial charge is 0.479 e. The van der Waals surface area contributed by atoms with Crippen LogP contribution in [0.1, 0.15) is 24.2 Å². The van der Waals surface area contributed by atoms with Crippen molar-refractivity contribution in [2.24, 2.45) is 0 Å². The number of ether oxygens (including phenoxy) is 1. The average Bonchev–Trinajstić information content (AvgIpc) is 2.60. The van der Waals surface area contributed by atoms with Crippen LogP contribution in [0.2, 0.25) is 0 Å². The van der Waals surface area contributed by atoms with Gasteiger partial charge >= 0.3 is 0 Å². The molecule has 1 unspecified atom stereocenters. The number of fused-ring (bicyclic) bond motifs is 1. The van der Waals surface area contributed by atoms with Gasteiger partial charge in [-0.3, -0.25) is 19.3 Å². The van der Waals surface area contributed by atoms with Crippen LogP contribution < -0.4 is 15.0 Å². The van der Waals surface area contributed by atoms with Gasteiger partial charge in [0.15, 0.2) is 11.9 Å². The number of ketones is 1. The van der Waals surface area contributed by atoms with Gasteiger partial charge in [0, 0.05) is 11.3 Å². The number of hydrogen-bond donors (Lipinski definition) is 1. The van der Waals surface area contributed by atoms with Gasteiger partial charge in [0.25, 0.3) is 5.91 Å². The van der Waals surface area contributed by atoms with Crippen molar-refractivity contribution in [3.05, 3.63) is 53.8 Å². The lowest BCUT2D eigenvalue weighted by atomic mass is 10.1. The fourth-order valence-corrected chi connectivity index (χ4v) is 2.67. The summed E-state index contributed by atoms with van der Waals surface area (Å²) in [6.07, 6.45) is -0.746. The molecule has 0 radical (unpaired) electrons. The van der Waals surface area contributed by atoms with E-state index in [1.165, 1.54) is 42.2 Å². The monoisotopic (exact) mass is 356 g/mol. The van der Waals surface area contributed by atoms with E-state index >= 15 is 0 Å². The van der Waals surface area contributed by atoms with Crippen molar-refractivity contribution in [2.45, 2.75) is 20.0 Å². The predicted octanol–water partition coefficient (Wildman–Crippen LogP) is 2.78. The molecule has 0 bridgehead atoms.